The van der Waals surface area contributed by atoms with Crippen molar-refractivity contribution < 1.29 is 22.0 Å². The highest BCUT2D eigenvalue weighted by molar-refractivity contribution is 4.35. The average molecular weight is 169 g/mol. The predicted molar refractivity (Wildman–Crippen MR) is 38.0 cm³/mol. The minimum absolute atomic E-state index is 0. The van der Waals surface area contributed by atoms with Gasteiger partial charge in [-0.15, -0.1) is 0 Å². The van der Waals surface area contributed by atoms with Gasteiger partial charge in [0.15, 0.2) is 0 Å². The van der Waals surface area contributed by atoms with Crippen molar-refractivity contribution >= 4 is 0 Å². The third-order valence-electron chi connectivity index (χ3n) is 1.07. The van der Waals surface area contributed by atoms with Crippen LogP contribution in [0.2, 0.25) is 0 Å². The number of quaternary nitrogens is 1. The van der Waals surface area contributed by atoms with Crippen molar-refractivity contribution in [2.24, 2.45) is 0 Å². The van der Waals surface area contributed by atoms with Gasteiger partial charge in [0.1, 0.15) is 0 Å². The molecular formula is C6H17ClN2O. The number of aliphatic hydroxyl groups excluding tert-OH is 1. The first-order valence-electron chi connectivity index (χ1n) is 3.18. The van der Waals surface area contributed by atoms with Gasteiger partial charge >= 0.3 is 0 Å². The molecule has 0 aliphatic heterocycles. The molecule has 0 fully saturated rings. The summed E-state index contributed by atoms with van der Waals surface area (Å²) in [6, 6.07) is 0. The van der Waals surface area contributed by atoms with Crippen LogP contribution in [0.4, 0.5) is 0 Å². The second-order valence-electron chi connectivity index (χ2n) is 3.17. The molecular weight excluding hydrogens is 152 g/mol. The molecule has 2 N–H and O–H groups in total. The lowest BCUT2D eigenvalue weighted by atomic mass is 10.5. The van der Waals surface area contributed by atoms with Crippen LogP contribution >= 0.6 is 0 Å². The topological polar surface area (TPSA) is 32.3 Å². The van der Waals surface area contributed by atoms with Crippen LogP contribution in [-0.4, -0.2) is 50.6 Å². The zero-order valence-electron chi connectivity index (χ0n) is 6.89. The molecule has 0 saturated carbocycles. The molecule has 0 aliphatic carbocycles. The fourth-order valence-corrected chi connectivity index (χ4v) is 0.494. The SMILES string of the molecule is C[N+](C)(C)CCNCO.[Cl-]. The summed E-state index contributed by atoms with van der Waals surface area (Å²) in [5.41, 5.74) is 0. The lowest BCUT2D eigenvalue weighted by Crippen LogP contribution is -3.00. The van der Waals surface area contributed by atoms with Crippen LogP contribution in [0, 0.1) is 0 Å². The summed E-state index contributed by atoms with van der Waals surface area (Å²) in [5.74, 6) is 0. The van der Waals surface area contributed by atoms with E-state index in [1.54, 1.807) is 0 Å². The maximum atomic E-state index is 8.35. The standard InChI is InChI=1S/C6H17N2O.ClH/c1-8(2,3)5-4-7-6-9;/h7,9H,4-6H2,1-3H3;1H/q+1;/p-1. The van der Waals surface area contributed by atoms with Gasteiger partial charge in [-0.2, -0.15) is 0 Å². The largest absolute Gasteiger partial charge is 1.00 e. The van der Waals surface area contributed by atoms with Gasteiger partial charge in [-0.3, -0.25) is 5.32 Å². The van der Waals surface area contributed by atoms with Crippen molar-refractivity contribution in [3.05, 3.63) is 0 Å². The highest BCUT2D eigenvalue weighted by Gasteiger charge is 2.03. The fraction of sp³-hybridized carbons (Fsp3) is 1.00. The number of hydrogen-bond donors (Lipinski definition) is 2. The number of rotatable bonds is 4. The molecule has 4 heteroatoms. The molecule has 0 bridgehead atoms. The fourth-order valence-electron chi connectivity index (χ4n) is 0.494. The zero-order chi connectivity index (χ0) is 7.33. The molecule has 3 nitrogen and oxygen atoms in total. The second-order valence-corrected chi connectivity index (χ2v) is 3.17. The first-order valence-corrected chi connectivity index (χ1v) is 3.18. The van der Waals surface area contributed by atoms with E-state index in [1.165, 1.54) is 0 Å². The van der Waals surface area contributed by atoms with E-state index in [9.17, 15) is 0 Å². The summed E-state index contributed by atoms with van der Waals surface area (Å²) in [4.78, 5) is 0. The lowest BCUT2D eigenvalue weighted by Gasteiger charge is -2.23. The van der Waals surface area contributed by atoms with Gasteiger partial charge in [0.05, 0.1) is 34.4 Å². The molecule has 0 heterocycles. The van der Waals surface area contributed by atoms with E-state index in [1.807, 2.05) is 0 Å². The second kappa shape index (κ2) is 5.92. The minimum atomic E-state index is 0. The van der Waals surface area contributed by atoms with E-state index in [0.717, 1.165) is 17.6 Å². The van der Waals surface area contributed by atoms with Crippen LogP contribution in [0.1, 0.15) is 0 Å². The van der Waals surface area contributed by atoms with Gasteiger partial charge in [-0.25, -0.2) is 0 Å². The third kappa shape index (κ3) is 11.0. The van der Waals surface area contributed by atoms with Crippen LogP contribution in [0.15, 0.2) is 0 Å². The van der Waals surface area contributed by atoms with E-state index < -0.39 is 0 Å². The highest BCUT2D eigenvalue weighted by atomic mass is 35.5. The van der Waals surface area contributed by atoms with Crippen molar-refractivity contribution in [3.63, 3.8) is 0 Å². The Balaban J connectivity index is 0. The van der Waals surface area contributed by atoms with Gasteiger partial charge in [-0.05, 0) is 0 Å². The molecule has 0 radical (unpaired) electrons. The van der Waals surface area contributed by atoms with E-state index >= 15 is 0 Å². The number of nitrogens with one attached hydrogen (secondary N) is 1. The molecule has 0 aromatic heterocycles. The van der Waals surface area contributed by atoms with Crippen LogP contribution in [0.5, 0.6) is 0 Å². The lowest BCUT2D eigenvalue weighted by molar-refractivity contribution is -0.869. The van der Waals surface area contributed by atoms with Crippen molar-refractivity contribution in [1.29, 1.82) is 0 Å². The van der Waals surface area contributed by atoms with Gasteiger partial charge in [-0.1, -0.05) is 0 Å². The molecule has 0 aromatic carbocycles. The normalized spacial score (nSPS) is 10.8. The molecule has 0 aromatic rings. The number of hydrogen-bond acceptors (Lipinski definition) is 2. The Labute approximate surface area is 69.0 Å². The van der Waals surface area contributed by atoms with Crippen LogP contribution < -0.4 is 17.7 Å². The summed E-state index contributed by atoms with van der Waals surface area (Å²) in [5, 5.41) is 11.2. The Morgan fingerprint density at radius 2 is 1.80 bits per heavy atom. The Morgan fingerprint density at radius 1 is 1.30 bits per heavy atom. The van der Waals surface area contributed by atoms with Crippen molar-refractivity contribution in [1.82, 2.24) is 5.32 Å². The maximum absolute atomic E-state index is 8.35. The first-order chi connectivity index (χ1) is 4.06. The number of halogens is 1. The molecule has 0 atom stereocenters. The van der Waals surface area contributed by atoms with E-state index in [2.05, 4.69) is 26.5 Å². The summed E-state index contributed by atoms with van der Waals surface area (Å²) < 4.78 is 0.938. The molecule has 0 saturated heterocycles. The average Bonchev–Trinajstić information content (AvgIpc) is 1.63. The molecule has 64 valence electrons. The summed E-state index contributed by atoms with van der Waals surface area (Å²) in [6.07, 6.45) is 0. The van der Waals surface area contributed by atoms with Gasteiger partial charge < -0.3 is 22.0 Å². The van der Waals surface area contributed by atoms with Crippen molar-refractivity contribution in [2.75, 3.05) is 41.0 Å². The Bertz CT molecular complexity index is 72.6. The van der Waals surface area contributed by atoms with E-state index in [0.29, 0.717) is 0 Å². The molecule has 0 rings (SSSR count). The van der Waals surface area contributed by atoms with Crippen LogP contribution in [-0.2, 0) is 0 Å². The minimum Gasteiger partial charge on any atom is -1.00 e. The van der Waals surface area contributed by atoms with Crippen LogP contribution in [0.3, 0.4) is 0 Å². The van der Waals surface area contributed by atoms with E-state index in [-0.39, 0.29) is 19.1 Å². The van der Waals surface area contributed by atoms with E-state index in [4.69, 9.17) is 5.11 Å². The number of aliphatic hydroxyl groups is 1. The molecule has 0 spiro atoms. The molecule has 0 aliphatic rings. The predicted octanol–water partition coefficient (Wildman–Crippen LogP) is -3.76. The first kappa shape index (κ1) is 12.8. The van der Waals surface area contributed by atoms with Crippen molar-refractivity contribution in [3.8, 4) is 0 Å². The Hall–Kier alpha value is 0.170. The van der Waals surface area contributed by atoms with Gasteiger partial charge in [0.25, 0.3) is 0 Å². The van der Waals surface area contributed by atoms with Gasteiger partial charge in [0, 0.05) is 6.54 Å². The summed E-state index contributed by atoms with van der Waals surface area (Å²) >= 11 is 0. The Kier molecular flexibility index (Phi) is 7.58. The summed E-state index contributed by atoms with van der Waals surface area (Å²) in [6.45, 7) is 2.00. The maximum Gasteiger partial charge on any atom is 0.0933 e. The molecule has 0 amide bonds. The summed E-state index contributed by atoms with van der Waals surface area (Å²) in [7, 11) is 6.37. The zero-order valence-corrected chi connectivity index (χ0v) is 7.65. The number of nitrogens with zero attached hydrogens (tertiary/aromatic N) is 1. The highest BCUT2D eigenvalue weighted by Crippen LogP contribution is 1.85. The van der Waals surface area contributed by atoms with Crippen LogP contribution in [0.25, 0.3) is 0 Å². The quantitative estimate of drug-likeness (QED) is 0.257. The molecule has 0 unspecified atom stereocenters. The van der Waals surface area contributed by atoms with Gasteiger partial charge in [0.2, 0.25) is 0 Å². The molecule has 10 heavy (non-hydrogen) atoms. The smallest absolute Gasteiger partial charge is 0.0933 e. The Morgan fingerprint density at radius 3 is 2.10 bits per heavy atom. The third-order valence-corrected chi connectivity index (χ3v) is 1.07. The van der Waals surface area contributed by atoms with Crippen molar-refractivity contribution in [2.45, 2.75) is 0 Å². The number of likely N-dealkylation sites (N-methyl/N-ethyl adjacent to an activating group) is 1. The monoisotopic (exact) mass is 168 g/mol.